The fraction of sp³-hybridized carbons (Fsp3) is 0.125. The molecular formula is C8H6BrNS. The van der Waals surface area contributed by atoms with Crippen molar-refractivity contribution < 1.29 is 0 Å². The molecule has 0 aliphatic heterocycles. The van der Waals surface area contributed by atoms with Gasteiger partial charge in [-0.3, -0.25) is 0 Å². The average Bonchev–Trinajstić information content (AvgIpc) is 1.98. The first-order valence-electron chi connectivity index (χ1n) is 3.08. The van der Waals surface area contributed by atoms with Gasteiger partial charge in [0.15, 0.2) is 0 Å². The summed E-state index contributed by atoms with van der Waals surface area (Å²) in [6.07, 6.45) is 0. The summed E-state index contributed by atoms with van der Waals surface area (Å²) in [6.45, 7) is 2.02. The Labute approximate surface area is 79.3 Å². The Kier molecular flexibility index (Phi) is 2.94. The molecule has 1 nitrogen and oxygen atoms in total. The lowest BCUT2D eigenvalue weighted by molar-refractivity contribution is 1.41. The number of isothiocyanates is 1. The average molecular weight is 228 g/mol. The van der Waals surface area contributed by atoms with E-state index in [1.54, 1.807) is 0 Å². The lowest BCUT2D eigenvalue weighted by Crippen LogP contribution is -1.72. The van der Waals surface area contributed by atoms with Gasteiger partial charge in [0.2, 0.25) is 0 Å². The molecule has 0 aliphatic rings. The lowest BCUT2D eigenvalue weighted by Gasteiger charge is -1.96. The van der Waals surface area contributed by atoms with Crippen LogP contribution < -0.4 is 0 Å². The second kappa shape index (κ2) is 3.77. The summed E-state index contributed by atoms with van der Waals surface area (Å²) < 4.78 is 1.05. The van der Waals surface area contributed by atoms with E-state index in [2.05, 4.69) is 38.3 Å². The van der Waals surface area contributed by atoms with Crippen LogP contribution in [0.3, 0.4) is 0 Å². The van der Waals surface area contributed by atoms with Crippen LogP contribution in [0.25, 0.3) is 0 Å². The second-order valence-electron chi connectivity index (χ2n) is 2.14. The third kappa shape index (κ3) is 2.22. The Morgan fingerprint density at radius 1 is 1.55 bits per heavy atom. The van der Waals surface area contributed by atoms with Gasteiger partial charge < -0.3 is 0 Å². The molecule has 0 aromatic heterocycles. The highest BCUT2D eigenvalue weighted by Crippen LogP contribution is 2.21. The van der Waals surface area contributed by atoms with Crippen LogP contribution >= 0.6 is 28.1 Å². The van der Waals surface area contributed by atoms with Crippen molar-refractivity contribution in [3.05, 3.63) is 28.2 Å². The Balaban J connectivity index is 3.14. The monoisotopic (exact) mass is 227 g/mol. The fourth-order valence-corrected chi connectivity index (χ4v) is 1.18. The second-order valence-corrected chi connectivity index (χ2v) is 3.17. The van der Waals surface area contributed by atoms with Crippen molar-refractivity contribution in [2.45, 2.75) is 6.92 Å². The molecule has 0 saturated carbocycles. The van der Waals surface area contributed by atoms with Gasteiger partial charge in [-0.25, -0.2) is 0 Å². The van der Waals surface area contributed by atoms with Gasteiger partial charge in [-0.1, -0.05) is 22.0 Å². The summed E-state index contributed by atoms with van der Waals surface area (Å²) in [4.78, 5) is 3.84. The van der Waals surface area contributed by atoms with Crippen LogP contribution in [0.4, 0.5) is 5.69 Å². The van der Waals surface area contributed by atoms with E-state index in [1.165, 1.54) is 5.56 Å². The van der Waals surface area contributed by atoms with Gasteiger partial charge in [0, 0.05) is 4.47 Å². The molecule has 0 bridgehead atoms. The normalized spacial score (nSPS) is 8.91. The highest BCUT2D eigenvalue weighted by atomic mass is 79.9. The van der Waals surface area contributed by atoms with Crippen LogP contribution in [-0.2, 0) is 0 Å². The summed E-state index contributed by atoms with van der Waals surface area (Å²) >= 11 is 7.87. The fourth-order valence-electron chi connectivity index (χ4n) is 0.704. The third-order valence-corrected chi connectivity index (χ3v) is 2.28. The Morgan fingerprint density at radius 2 is 2.27 bits per heavy atom. The number of aryl methyl sites for hydroxylation is 1. The molecule has 1 aromatic rings. The molecule has 1 aromatic carbocycles. The molecule has 0 spiro atoms. The Hall–Kier alpha value is -0.500. The minimum Gasteiger partial charge on any atom is -0.195 e. The van der Waals surface area contributed by atoms with Gasteiger partial charge >= 0.3 is 0 Å². The zero-order valence-electron chi connectivity index (χ0n) is 5.97. The number of hydrogen-bond acceptors (Lipinski definition) is 2. The Morgan fingerprint density at radius 3 is 2.82 bits per heavy atom. The van der Waals surface area contributed by atoms with E-state index in [0.29, 0.717) is 0 Å². The number of hydrogen-bond donors (Lipinski definition) is 0. The number of nitrogens with zero attached hydrogens (tertiary/aromatic N) is 1. The predicted octanol–water partition coefficient (Wildman–Crippen LogP) is 3.49. The maximum Gasteiger partial charge on any atom is 0.0750 e. The van der Waals surface area contributed by atoms with Crippen molar-refractivity contribution >= 4 is 39.0 Å². The van der Waals surface area contributed by atoms with E-state index in [4.69, 9.17) is 0 Å². The standard InChI is InChI=1S/C8H6BrNS/c1-6-2-3-7(10-5-11)4-8(6)9/h2-4H,1H3. The van der Waals surface area contributed by atoms with Crippen LogP contribution in [-0.4, -0.2) is 5.16 Å². The SMILES string of the molecule is Cc1ccc(N=C=S)cc1Br. The molecule has 11 heavy (non-hydrogen) atoms. The zero-order chi connectivity index (χ0) is 8.27. The van der Waals surface area contributed by atoms with E-state index in [-0.39, 0.29) is 0 Å². The van der Waals surface area contributed by atoms with Crippen LogP contribution in [0, 0.1) is 6.92 Å². The topological polar surface area (TPSA) is 12.4 Å². The first kappa shape index (κ1) is 8.60. The summed E-state index contributed by atoms with van der Waals surface area (Å²) in [7, 11) is 0. The van der Waals surface area contributed by atoms with Crippen LogP contribution in [0.5, 0.6) is 0 Å². The molecule has 56 valence electrons. The molecule has 1 rings (SSSR count). The summed E-state index contributed by atoms with van der Waals surface area (Å²) in [5.74, 6) is 0. The third-order valence-electron chi connectivity index (χ3n) is 1.33. The molecule has 0 saturated heterocycles. The predicted molar refractivity (Wildman–Crippen MR) is 53.6 cm³/mol. The highest BCUT2D eigenvalue weighted by molar-refractivity contribution is 9.10. The summed E-state index contributed by atoms with van der Waals surface area (Å²) in [5, 5.41) is 2.32. The molecule has 3 heteroatoms. The minimum absolute atomic E-state index is 0.831. The smallest absolute Gasteiger partial charge is 0.0750 e. The van der Waals surface area contributed by atoms with Crippen LogP contribution in [0.1, 0.15) is 5.56 Å². The minimum atomic E-state index is 0.831. The van der Waals surface area contributed by atoms with E-state index in [0.717, 1.165) is 10.2 Å². The molecule has 0 N–H and O–H groups in total. The van der Waals surface area contributed by atoms with Gasteiger partial charge in [-0.2, -0.15) is 4.99 Å². The van der Waals surface area contributed by atoms with Crippen molar-refractivity contribution in [2.75, 3.05) is 0 Å². The van der Waals surface area contributed by atoms with Gasteiger partial charge in [0.25, 0.3) is 0 Å². The first-order chi connectivity index (χ1) is 5.24. The van der Waals surface area contributed by atoms with Crippen molar-refractivity contribution in [3.63, 3.8) is 0 Å². The largest absolute Gasteiger partial charge is 0.195 e. The van der Waals surface area contributed by atoms with Gasteiger partial charge in [0.1, 0.15) is 0 Å². The maximum absolute atomic E-state index is 4.48. The quantitative estimate of drug-likeness (QED) is 0.529. The van der Waals surface area contributed by atoms with Gasteiger partial charge in [-0.05, 0) is 36.8 Å². The molecule has 0 fully saturated rings. The van der Waals surface area contributed by atoms with Gasteiger partial charge in [-0.15, -0.1) is 0 Å². The van der Waals surface area contributed by atoms with E-state index in [9.17, 15) is 0 Å². The number of halogens is 1. The van der Waals surface area contributed by atoms with E-state index < -0.39 is 0 Å². The van der Waals surface area contributed by atoms with Crippen molar-refractivity contribution in [1.29, 1.82) is 0 Å². The number of benzene rings is 1. The number of aliphatic imine (C=N–C) groups is 1. The first-order valence-corrected chi connectivity index (χ1v) is 4.28. The summed E-state index contributed by atoms with van der Waals surface area (Å²) in [5.41, 5.74) is 2.02. The number of thiocarbonyl (C=S) groups is 1. The Bertz CT molecular complexity index is 316. The molecule has 0 radical (unpaired) electrons. The van der Waals surface area contributed by atoms with Crippen LogP contribution in [0.15, 0.2) is 27.7 Å². The van der Waals surface area contributed by atoms with Gasteiger partial charge in [0.05, 0.1) is 10.8 Å². The summed E-state index contributed by atoms with van der Waals surface area (Å²) in [6, 6.07) is 5.80. The van der Waals surface area contributed by atoms with Crippen molar-refractivity contribution in [1.82, 2.24) is 0 Å². The van der Waals surface area contributed by atoms with E-state index >= 15 is 0 Å². The molecule has 0 unspecified atom stereocenters. The van der Waals surface area contributed by atoms with E-state index in [1.807, 2.05) is 25.1 Å². The molecule has 0 heterocycles. The van der Waals surface area contributed by atoms with Crippen molar-refractivity contribution in [3.8, 4) is 0 Å². The maximum atomic E-state index is 4.48. The molecule has 0 amide bonds. The van der Waals surface area contributed by atoms with Crippen molar-refractivity contribution in [2.24, 2.45) is 4.99 Å². The molecular weight excluding hydrogens is 222 g/mol. The molecule has 0 aliphatic carbocycles. The highest BCUT2D eigenvalue weighted by Gasteiger charge is 1.93. The van der Waals surface area contributed by atoms with Crippen LogP contribution in [0.2, 0.25) is 0 Å². The molecule has 0 atom stereocenters. The number of rotatable bonds is 1. The zero-order valence-corrected chi connectivity index (χ0v) is 8.37. The lowest BCUT2D eigenvalue weighted by atomic mass is 10.2.